The molecular formula is C21H16ClN5O3. The van der Waals surface area contributed by atoms with Gasteiger partial charge in [0.1, 0.15) is 23.5 Å². The topological polar surface area (TPSA) is 113 Å². The van der Waals surface area contributed by atoms with Crippen LogP contribution in [0.5, 0.6) is 5.75 Å². The summed E-state index contributed by atoms with van der Waals surface area (Å²) in [5, 5.41) is 28.3. The number of anilines is 2. The predicted molar refractivity (Wildman–Crippen MR) is 113 cm³/mol. The van der Waals surface area contributed by atoms with Crippen molar-refractivity contribution >= 4 is 39.7 Å². The van der Waals surface area contributed by atoms with Crippen LogP contribution in [-0.2, 0) is 0 Å². The van der Waals surface area contributed by atoms with E-state index in [1.165, 1.54) is 18.5 Å². The maximum atomic E-state index is 11.7. The lowest BCUT2D eigenvalue weighted by atomic mass is 10.1. The van der Waals surface area contributed by atoms with Crippen LogP contribution in [0.1, 0.15) is 5.56 Å². The lowest BCUT2D eigenvalue weighted by molar-refractivity contribution is -0.385. The van der Waals surface area contributed by atoms with Gasteiger partial charge < -0.3 is 15.7 Å². The second-order valence-corrected chi connectivity index (χ2v) is 7.85. The van der Waals surface area contributed by atoms with Gasteiger partial charge in [-0.2, -0.15) is 0 Å². The van der Waals surface area contributed by atoms with Gasteiger partial charge in [0.05, 0.1) is 15.5 Å². The fourth-order valence-electron chi connectivity index (χ4n) is 3.96. The third kappa shape index (κ3) is 3.28. The second-order valence-electron chi connectivity index (χ2n) is 7.44. The smallest absolute Gasteiger partial charge is 0.285 e. The highest BCUT2D eigenvalue weighted by atomic mass is 35.5. The molecule has 2 heterocycles. The first-order valence-corrected chi connectivity index (χ1v) is 9.80. The Labute approximate surface area is 176 Å². The molecule has 2 fully saturated rings. The Hall–Kier alpha value is -3.41. The van der Waals surface area contributed by atoms with Crippen LogP contribution in [0, 0.1) is 39.7 Å². The number of benzene rings is 2. The Morgan fingerprint density at radius 2 is 2.03 bits per heavy atom. The fraction of sp³-hybridized carbons (Fsp3) is 0.238. The van der Waals surface area contributed by atoms with Crippen molar-refractivity contribution in [1.82, 2.24) is 15.3 Å². The van der Waals surface area contributed by atoms with Gasteiger partial charge in [0.15, 0.2) is 0 Å². The molecule has 3 aromatic rings. The number of nitrogens with zero attached hydrogens (tertiary/aromatic N) is 3. The van der Waals surface area contributed by atoms with E-state index in [-0.39, 0.29) is 16.5 Å². The zero-order valence-corrected chi connectivity index (χ0v) is 16.3. The number of nitrogens with one attached hydrogen (secondary N) is 2. The summed E-state index contributed by atoms with van der Waals surface area (Å²) in [5.74, 6) is 8.01. The van der Waals surface area contributed by atoms with E-state index >= 15 is 0 Å². The SMILES string of the molecule is O=[N+]([O-])c1cc2c(Nc3ccc(O)c(Cl)c3)ncnc2cc1C#C[C@H]1[C@H]2CNC[C@@H]12. The van der Waals surface area contributed by atoms with Crippen molar-refractivity contribution in [2.75, 3.05) is 18.4 Å². The van der Waals surface area contributed by atoms with Gasteiger partial charge in [-0.1, -0.05) is 23.4 Å². The van der Waals surface area contributed by atoms with E-state index < -0.39 is 4.92 Å². The van der Waals surface area contributed by atoms with Crippen molar-refractivity contribution < 1.29 is 10.0 Å². The molecule has 9 heteroatoms. The monoisotopic (exact) mass is 421 g/mol. The average Bonchev–Trinajstić information content (AvgIpc) is 3.14. The molecule has 0 spiro atoms. The van der Waals surface area contributed by atoms with E-state index in [1.54, 1.807) is 18.2 Å². The van der Waals surface area contributed by atoms with E-state index in [9.17, 15) is 15.2 Å². The number of nitro benzene ring substituents is 1. The molecule has 3 atom stereocenters. The van der Waals surface area contributed by atoms with Gasteiger partial charge in [-0.25, -0.2) is 9.97 Å². The normalized spacial score (nSPS) is 21.6. The number of piperidine rings is 1. The maximum Gasteiger partial charge on any atom is 0.285 e. The van der Waals surface area contributed by atoms with Gasteiger partial charge in [0.25, 0.3) is 5.69 Å². The van der Waals surface area contributed by atoms with Crippen molar-refractivity contribution in [3.63, 3.8) is 0 Å². The summed E-state index contributed by atoms with van der Waals surface area (Å²) in [7, 11) is 0. The molecule has 3 N–H and O–H groups in total. The van der Waals surface area contributed by atoms with Gasteiger partial charge in [0, 0.05) is 23.1 Å². The van der Waals surface area contributed by atoms with E-state index in [2.05, 4.69) is 32.4 Å². The van der Waals surface area contributed by atoms with Crippen molar-refractivity contribution in [3.8, 4) is 17.6 Å². The number of hydrogen-bond acceptors (Lipinski definition) is 7. The zero-order valence-electron chi connectivity index (χ0n) is 15.6. The summed E-state index contributed by atoms with van der Waals surface area (Å²) in [6, 6.07) is 7.70. The summed E-state index contributed by atoms with van der Waals surface area (Å²) in [4.78, 5) is 19.7. The predicted octanol–water partition coefficient (Wildman–Crippen LogP) is 3.46. The Morgan fingerprint density at radius 3 is 2.77 bits per heavy atom. The third-order valence-electron chi connectivity index (χ3n) is 5.63. The highest BCUT2D eigenvalue weighted by Gasteiger charge is 2.51. The Kier molecular flexibility index (Phi) is 4.42. The van der Waals surface area contributed by atoms with Gasteiger partial charge in [-0.15, -0.1) is 0 Å². The first-order valence-electron chi connectivity index (χ1n) is 9.42. The molecule has 0 amide bonds. The molecule has 8 nitrogen and oxygen atoms in total. The van der Waals surface area contributed by atoms with E-state index in [0.29, 0.717) is 45.7 Å². The Balaban J connectivity index is 1.53. The summed E-state index contributed by atoms with van der Waals surface area (Å²) < 4.78 is 0. The number of hydrogen-bond donors (Lipinski definition) is 3. The zero-order chi connectivity index (χ0) is 20.8. The van der Waals surface area contributed by atoms with Crippen LogP contribution in [-0.4, -0.2) is 33.1 Å². The Morgan fingerprint density at radius 1 is 1.23 bits per heavy atom. The van der Waals surface area contributed by atoms with Crippen molar-refractivity contribution in [2.24, 2.45) is 17.8 Å². The van der Waals surface area contributed by atoms with Gasteiger partial charge in [0.2, 0.25) is 0 Å². The summed E-state index contributed by atoms with van der Waals surface area (Å²) in [6.45, 7) is 1.93. The molecule has 1 saturated heterocycles. The average molecular weight is 422 g/mol. The number of phenols is 1. The Bertz CT molecular complexity index is 1240. The molecule has 1 saturated carbocycles. The van der Waals surface area contributed by atoms with Gasteiger partial charge >= 0.3 is 0 Å². The number of phenolic OH excluding ortho intramolecular Hbond substituents is 1. The van der Waals surface area contributed by atoms with Gasteiger partial charge in [-0.3, -0.25) is 10.1 Å². The van der Waals surface area contributed by atoms with E-state index in [1.807, 2.05) is 0 Å². The minimum Gasteiger partial charge on any atom is -0.506 e. The summed E-state index contributed by atoms with van der Waals surface area (Å²) >= 11 is 5.96. The minimum atomic E-state index is -0.438. The van der Waals surface area contributed by atoms with Crippen molar-refractivity contribution in [2.45, 2.75) is 0 Å². The highest BCUT2D eigenvalue weighted by molar-refractivity contribution is 6.32. The number of aromatic nitrogens is 2. The lowest BCUT2D eigenvalue weighted by Crippen LogP contribution is -2.13. The molecule has 1 aliphatic carbocycles. The summed E-state index contributed by atoms with van der Waals surface area (Å²) in [6.07, 6.45) is 1.38. The van der Waals surface area contributed by atoms with Crippen molar-refractivity contribution in [1.29, 1.82) is 0 Å². The number of nitro groups is 1. The van der Waals surface area contributed by atoms with Crippen LogP contribution in [0.4, 0.5) is 17.2 Å². The highest BCUT2D eigenvalue weighted by Crippen LogP contribution is 2.48. The van der Waals surface area contributed by atoms with Crippen LogP contribution in [0.2, 0.25) is 5.02 Å². The minimum absolute atomic E-state index is 0.0378. The summed E-state index contributed by atoms with van der Waals surface area (Å²) in [5.41, 5.74) is 1.39. The quantitative estimate of drug-likeness (QED) is 0.257. The first kappa shape index (κ1) is 18.6. The molecular weight excluding hydrogens is 406 g/mol. The molecule has 150 valence electrons. The molecule has 0 radical (unpaired) electrons. The standard InChI is InChI=1S/C21H16ClN5O3/c22-17-6-12(2-4-20(17)28)26-21-14-7-19(27(29)30)11(5-18(14)24-10-25-21)1-3-13-15-8-23-9-16(13)15/h2,4-7,10,13,15-16,23,28H,8-9H2,(H,24,25,26)/t13-,15+,16-. The van der Waals surface area contributed by atoms with Gasteiger partial charge in [-0.05, 0) is 49.2 Å². The van der Waals surface area contributed by atoms with Crippen LogP contribution in [0.3, 0.4) is 0 Å². The second kappa shape index (κ2) is 7.13. The lowest BCUT2D eigenvalue weighted by Gasteiger charge is -2.09. The molecule has 30 heavy (non-hydrogen) atoms. The van der Waals surface area contributed by atoms with E-state index in [0.717, 1.165) is 13.1 Å². The number of halogens is 1. The molecule has 2 aromatic carbocycles. The molecule has 1 aliphatic heterocycles. The number of fused-ring (bicyclic) bond motifs is 2. The largest absolute Gasteiger partial charge is 0.506 e. The molecule has 1 aromatic heterocycles. The van der Waals surface area contributed by atoms with Crippen LogP contribution >= 0.6 is 11.6 Å². The maximum absolute atomic E-state index is 11.7. The van der Waals surface area contributed by atoms with Crippen LogP contribution in [0.15, 0.2) is 36.7 Å². The molecule has 0 bridgehead atoms. The fourth-order valence-corrected chi connectivity index (χ4v) is 4.14. The molecule has 0 unspecified atom stereocenters. The molecule has 2 aliphatic rings. The third-order valence-corrected chi connectivity index (χ3v) is 5.93. The van der Waals surface area contributed by atoms with Crippen LogP contribution in [0.25, 0.3) is 10.9 Å². The van der Waals surface area contributed by atoms with Crippen molar-refractivity contribution in [3.05, 3.63) is 57.4 Å². The number of aromatic hydroxyl groups is 1. The van der Waals surface area contributed by atoms with Crippen LogP contribution < -0.4 is 10.6 Å². The molecule has 5 rings (SSSR count). The van der Waals surface area contributed by atoms with E-state index in [4.69, 9.17) is 11.6 Å². The number of rotatable bonds is 3. The first-order chi connectivity index (χ1) is 14.5.